The van der Waals surface area contributed by atoms with Gasteiger partial charge >= 0.3 is 0 Å². The number of benzene rings is 1. The molecule has 7 heteroatoms. The zero-order valence-corrected chi connectivity index (χ0v) is 15.3. The topological polar surface area (TPSA) is 63.3 Å². The molecule has 0 aliphatic carbocycles. The SMILES string of the molecule is CC(C)c1nc(C=NO)n(Cc2ccccn2)c1Sc1cccc(F)c1. The predicted octanol–water partition coefficient (Wildman–Crippen LogP) is 4.55. The number of pyridine rings is 1. The van der Waals surface area contributed by atoms with E-state index in [0.717, 1.165) is 21.3 Å². The molecule has 1 aromatic carbocycles. The van der Waals surface area contributed by atoms with Crippen LogP contribution < -0.4 is 0 Å². The largest absolute Gasteiger partial charge is 0.411 e. The highest BCUT2D eigenvalue weighted by Gasteiger charge is 2.20. The zero-order chi connectivity index (χ0) is 18.5. The Bertz CT molecular complexity index is 909. The summed E-state index contributed by atoms with van der Waals surface area (Å²) in [6.07, 6.45) is 3.04. The van der Waals surface area contributed by atoms with Gasteiger partial charge in [0, 0.05) is 11.1 Å². The molecular weight excluding hydrogens is 351 g/mol. The highest BCUT2D eigenvalue weighted by Crippen LogP contribution is 2.35. The van der Waals surface area contributed by atoms with Crippen LogP contribution in [0.1, 0.15) is 37.0 Å². The van der Waals surface area contributed by atoms with Crippen LogP contribution in [0.25, 0.3) is 0 Å². The molecule has 0 unspecified atom stereocenters. The summed E-state index contributed by atoms with van der Waals surface area (Å²) in [6, 6.07) is 12.1. The Labute approximate surface area is 155 Å². The van der Waals surface area contributed by atoms with Gasteiger partial charge in [0.05, 0.1) is 17.9 Å². The molecular formula is C19H19FN4OS. The van der Waals surface area contributed by atoms with Crippen molar-refractivity contribution in [1.29, 1.82) is 0 Å². The van der Waals surface area contributed by atoms with E-state index in [4.69, 9.17) is 5.21 Å². The Balaban J connectivity index is 2.09. The second-order valence-electron chi connectivity index (χ2n) is 6.03. The van der Waals surface area contributed by atoms with Gasteiger partial charge in [-0.1, -0.05) is 42.9 Å². The Hall–Kier alpha value is -2.67. The van der Waals surface area contributed by atoms with Crippen molar-refractivity contribution in [3.8, 4) is 0 Å². The molecule has 2 heterocycles. The molecule has 0 spiro atoms. The first-order chi connectivity index (χ1) is 12.6. The third-order valence-electron chi connectivity index (χ3n) is 3.75. The second kappa shape index (κ2) is 8.14. The van der Waals surface area contributed by atoms with Crippen molar-refractivity contribution in [2.75, 3.05) is 0 Å². The fourth-order valence-electron chi connectivity index (χ4n) is 2.56. The van der Waals surface area contributed by atoms with Crippen molar-refractivity contribution >= 4 is 18.0 Å². The lowest BCUT2D eigenvalue weighted by Gasteiger charge is -2.12. The average Bonchev–Trinajstić information content (AvgIpc) is 2.94. The third-order valence-corrected chi connectivity index (χ3v) is 4.87. The molecule has 0 saturated heterocycles. The Morgan fingerprint density at radius 1 is 1.27 bits per heavy atom. The van der Waals surface area contributed by atoms with Gasteiger partial charge in [-0.15, -0.1) is 0 Å². The highest BCUT2D eigenvalue weighted by atomic mass is 32.2. The van der Waals surface area contributed by atoms with Gasteiger partial charge in [-0.05, 0) is 36.2 Å². The molecule has 0 saturated carbocycles. The maximum absolute atomic E-state index is 13.6. The number of hydrogen-bond donors (Lipinski definition) is 1. The molecule has 0 aliphatic rings. The van der Waals surface area contributed by atoms with Crippen LogP contribution in [0, 0.1) is 5.82 Å². The molecule has 0 aliphatic heterocycles. The highest BCUT2D eigenvalue weighted by molar-refractivity contribution is 7.99. The summed E-state index contributed by atoms with van der Waals surface area (Å²) in [4.78, 5) is 9.77. The molecule has 0 amide bonds. The summed E-state index contributed by atoms with van der Waals surface area (Å²) in [5, 5.41) is 13.0. The fourth-order valence-corrected chi connectivity index (χ4v) is 3.75. The smallest absolute Gasteiger partial charge is 0.156 e. The average molecular weight is 370 g/mol. The minimum atomic E-state index is -0.283. The zero-order valence-electron chi connectivity index (χ0n) is 14.5. The fraction of sp³-hybridized carbons (Fsp3) is 0.211. The number of rotatable bonds is 6. The van der Waals surface area contributed by atoms with Crippen LogP contribution in [0.2, 0.25) is 0 Å². The first-order valence-electron chi connectivity index (χ1n) is 8.19. The summed E-state index contributed by atoms with van der Waals surface area (Å²) in [5.74, 6) is 0.400. The molecule has 0 radical (unpaired) electrons. The normalized spacial score (nSPS) is 11.5. The molecule has 1 N–H and O–H groups in total. The third kappa shape index (κ3) is 4.11. The van der Waals surface area contributed by atoms with Crippen molar-refractivity contribution in [1.82, 2.24) is 14.5 Å². The number of hydrogen-bond acceptors (Lipinski definition) is 5. The second-order valence-corrected chi connectivity index (χ2v) is 7.09. The molecule has 0 atom stereocenters. The Kier molecular flexibility index (Phi) is 5.68. The van der Waals surface area contributed by atoms with E-state index < -0.39 is 0 Å². The molecule has 0 fully saturated rings. The van der Waals surface area contributed by atoms with Gasteiger partial charge in [0.25, 0.3) is 0 Å². The Morgan fingerprint density at radius 3 is 2.77 bits per heavy atom. The van der Waals surface area contributed by atoms with E-state index in [2.05, 4.69) is 15.1 Å². The molecule has 2 aromatic heterocycles. The predicted molar refractivity (Wildman–Crippen MR) is 99.6 cm³/mol. The maximum Gasteiger partial charge on any atom is 0.156 e. The van der Waals surface area contributed by atoms with Crippen LogP contribution in [0.15, 0.2) is 63.7 Å². The van der Waals surface area contributed by atoms with Crippen molar-refractivity contribution in [3.63, 3.8) is 0 Å². The van der Waals surface area contributed by atoms with Gasteiger partial charge in [0.2, 0.25) is 0 Å². The summed E-state index contributed by atoms with van der Waals surface area (Å²) < 4.78 is 15.5. The number of aromatic nitrogens is 3. The standard InChI is InChI=1S/C19H19FN4OS/c1-13(2)18-19(26-16-8-5-6-14(20)10-16)24(17(23-18)11-22-25)12-15-7-3-4-9-21-15/h3-11,13,25H,12H2,1-2H3. The first kappa shape index (κ1) is 18.1. The maximum atomic E-state index is 13.6. The van der Waals surface area contributed by atoms with Gasteiger partial charge in [0.15, 0.2) is 5.82 Å². The van der Waals surface area contributed by atoms with Crippen LogP contribution >= 0.6 is 11.8 Å². The Morgan fingerprint density at radius 2 is 2.12 bits per heavy atom. The molecule has 0 bridgehead atoms. The van der Waals surface area contributed by atoms with Gasteiger partial charge in [0.1, 0.15) is 17.1 Å². The van der Waals surface area contributed by atoms with Gasteiger partial charge in [-0.2, -0.15) is 0 Å². The lowest BCUT2D eigenvalue weighted by molar-refractivity contribution is 0.321. The van der Waals surface area contributed by atoms with Crippen LogP contribution in [0.5, 0.6) is 0 Å². The summed E-state index contributed by atoms with van der Waals surface area (Å²) >= 11 is 1.44. The molecule has 5 nitrogen and oxygen atoms in total. The van der Waals surface area contributed by atoms with E-state index in [1.54, 1.807) is 12.3 Å². The molecule has 26 heavy (non-hydrogen) atoms. The lowest BCUT2D eigenvalue weighted by Crippen LogP contribution is -2.07. The monoisotopic (exact) mass is 370 g/mol. The van der Waals surface area contributed by atoms with E-state index in [1.807, 2.05) is 42.7 Å². The van der Waals surface area contributed by atoms with Crippen molar-refractivity contribution in [2.45, 2.75) is 36.2 Å². The molecule has 134 valence electrons. The number of halogens is 1. The summed E-state index contributed by atoms with van der Waals surface area (Å²) in [5.41, 5.74) is 1.72. The van der Waals surface area contributed by atoms with Crippen LogP contribution in [0.3, 0.4) is 0 Å². The number of oxime groups is 1. The quantitative estimate of drug-likeness (QED) is 0.393. The summed E-state index contributed by atoms with van der Waals surface area (Å²) in [6.45, 7) is 4.56. The van der Waals surface area contributed by atoms with E-state index in [9.17, 15) is 4.39 Å². The van der Waals surface area contributed by atoms with Gasteiger partial charge in [-0.3, -0.25) is 4.98 Å². The van der Waals surface area contributed by atoms with Gasteiger partial charge in [-0.25, -0.2) is 9.37 Å². The first-order valence-corrected chi connectivity index (χ1v) is 9.01. The van der Waals surface area contributed by atoms with Crippen LogP contribution in [-0.4, -0.2) is 26.0 Å². The van der Waals surface area contributed by atoms with E-state index in [0.29, 0.717) is 12.4 Å². The van der Waals surface area contributed by atoms with Gasteiger partial charge < -0.3 is 9.77 Å². The summed E-state index contributed by atoms with van der Waals surface area (Å²) in [7, 11) is 0. The van der Waals surface area contributed by atoms with Crippen molar-refractivity contribution < 1.29 is 9.60 Å². The molecule has 3 rings (SSSR count). The van der Waals surface area contributed by atoms with E-state index in [-0.39, 0.29) is 11.7 Å². The molecule has 3 aromatic rings. The van der Waals surface area contributed by atoms with E-state index in [1.165, 1.54) is 30.1 Å². The minimum Gasteiger partial charge on any atom is -0.411 e. The van der Waals surface area contributed by atoms with Crippen LogP contribution in [-0.2, 0) is 6.54 Å². The van der Waals surface area contributed by atoms with Crippen LogP contribution in [0.4, 0.5) is 4.39 Å². The number of imidazole rings is 1. The minimum absolute atomic E-state index is 0.155. The lowest BCUT2D eigenvalue weighted by atomic mass is 10.1. The number of nitrogens with zero attached hydrogens (tertiary/aromatic N) is 4. The van der Waals surface area contributed by atoms with E-state index >= 15 is 0 Å². The van der Waals surface area contributed by atoms with Crippen molar-refractivity contribution in [3.05, 3.63) is 71.7 Å². The van der Waals surface area contributed by atoms with Crippen molar-refractivity contribution in [2.24, 2.45) is 5.16 Å².